The van der Waals surface area contributed by atoms with Crippen LogP contribution in [0, 0.1) is 6.92 Å². The fourth-order valence-electron chi connectivity index (χ4n) is 0.958. The summed E-state index contributed by atoms with van der Waals surface area (Å²) in [4.78, 5) is 1.09. The fraction of sp³-hybridized carbons (Fsp3) is 0.400. The van der Waals surface area contributed by atoms with E-state index in [1.54, 1.807) is 0 Å². The molecule has 0 amide bonds. The van der Waals surface area contributed by atoms with Crippen LogP contribution in [0.25, 0.3) is 0 Å². The Hall–Kier alpha value is -0.550. The summed E-state index contributed by atoms with van der Waals surface area (Å²) >= 11 is 1.34. The molecule has 0 heterocycles. The highest BCUT2D eigenvalue weighted by molar-refractivity contribution is 7.94. The van der Waals surface area contributed by atoms with E-state index in [2.05, 4.69) is 11.4 Å². The molecule has 2 N–H and O–H groups in total. The molecule has 1 aromatic carbocycles. The molecule has 0 radical (unpaired) electrons. The summed E-state index contributed by atoms with van der Waals surface area (Å²) in [6.45, 7) is 3.19. The molecule has 0 bridgehead atoms. The lowest BCUT2D eigenvalue weighted by Crippen LogP contribution is -2.19. The molecule has 0 fully saturated rings. The van der Waals surface area contributed by atoms with Crippen LogP contribution in [0.3, 0.4) is 0 Å². The van der Waals surface area contributed by atoms with Crippen LogP contribution >= 0.6 is 12.0 Å². The minimum absolute atomic E-state index is 0.137. The van der Waals surface area contributed by atoms with Crippen molar-refractivity contribution in [2.24, 2.45) is 0 Å². The molecule has 0 spiro atoms. The molecule has 1 rings (SSSR count). The predicted molar refractivity (Wildman–Crippen MR) is 58.1 cm³/mol. The van der Waals surface area contributed by atoms with Crippen molar-refractivity contribution in [1.29, 1.82) is 0 Å². The molecule has 0 unspecified atom stereocenters. The monoisotopic (exact) mass is 213 g/mol. The molecule has 3 nitrogen and oxygen atoms in total. The molecule has 0 aliphatic heterocycles. The lowest BCUT2D eigenvalue weighted by atomic mass is 10.2. The smallest absolute Gasteiger partial charge is 0.112 e. The maximum atomic E-state index is 8.49. The third-order valence-electron chi connectivity index (χ3n) is 1.59. The number of nitrogens with one attached hydrogen (secondary N) is 1. The van der Waals surface area contributed by atoms with Crippen molar-refractivity contribution in [2.45, 2.75) is 11.8 Å². The maximum Gasteiger partial charge on any atom is 0.112 e. The van der Waals surface area contributed by atoms with Crippen molar-refractivity contribution in [3.8, 4) is 0 Å². The number of aliphatic hydroxyl groups excluding tert-OH is 1. The van der Waals surface area contributed by atoms with E-state index in [9.17, 15) is 0 Å². The molecule has 78 valence electrons. The second-order valence-electron chi connectivity index (χ2n) is 2.89. The standard InChI is InChI=1S/C10H15NO2S/c1-9-3-2-4-10(7-9)14-13-8-11-5-6-12/h2-4,7,11-12H,5-6,8H2,1H3. The van der Waals surface area contributed by atoms with Crippen LogP contribution in [0.5, 0.6) is 0 Å². The van der Waals surface area contributed by atoms with Crippen LogP contribution in [0.2, 0.25) is 0 Å². The van der Waals surface area contributed by atoms with Gasteiger partial charge in [-0.05, 0) is 24.6 Å². The van der Waals surface area contributed by atoms with Gasteiger partial charge in [0.05, 0.1) is 6.61 Å². The van der Waals surface area contributed by atoms with Crippen LogP contribution in [-0.2, 0) is 4.18 Å². The number of hydrogen-bond donors (Lipinski definition) is 2. The Morgan fingerprint density at radius 1 is 1.50 bits per heavy atom. The van der Waals surface area contributed by atoms with Crippen molar-refractivity contribution in [1.82, 2.24) is 5.32 Å². The van der Waals surface area contributed by atoms with E-state index in [0.717, 1.165) is 4.90 Å². The van der Waals surface area contributed by atoms with Crippen molar-refractivity contribution >= 4 is 12.0 Å². The van der Waals surface area contributed by atoms with Crippen molar-refractivity contribution < 1.29 is 9.29 Å². The number of rotatable bonds is 6. The van der Waals surface area contributed by atoms with Crippen LogP contribution in [-0.4, -0.2) is 25.0 Å². The zero-order chi connectivity index (χ0) is 10.2. The van der Waals surface area contributed by atoms with Gasteiger partial charge < -0.3 is 5.11 Å². The Kier molecular flexibility index (Phi) is 5.63. The van der Waals surface area contributed by atoms with Crippen molar-refractivity contribution in [3.63, 3.8) is 0 Å². The van der Waals surface area contributed by atoms with E-state index < -0.39 is 0 Å². The normalized spacial score (nSPS) is 10.4. The van der Waals surface area contributed by atoms with Gasteiger partial charge in [0.15, 0.2) is 0 Å². The van der Waals surface area contributed by atoms with E-state index in [0.29, 0.717) is 13.3 Å². The topological polar surface area (TPSA) is 41.5 Å². The zero-order valence-corrected chi connectivity index (χ0v) is 9.01. The van der Waals surface area contributed by atoms with E-state index in [4.69, 9.17) is 9.29 Å². The predicted octanol–water partition coefficient (Wildman–Crippen LogP) is 1.56. The maximum absolute atomic E-state index is 8.49. The Morgan fingerprint density at radius 2 is 2.36 bits per heavy atom. The van der Waals surface area contributed by atoms with Gasteiger partial charge in [-0.25, -0.2) is 0 Å². The van der Waals surface area contributed by atoms with Crippen LogP contribution in [0.15, 0.2) is 29.2 Å². The molecule has 4 heteroatoms. The van der Waals surface area contributed by atoms with Gasteiger partial charge in [-0.2, -0.15) is 0 Å². The molecule has 0 saturated carbocycles. The van der Waals surface area contributed by atoms with Gasteiger partial charge in [-0.3, -0.25) is 9.50 Å². The summed E-state index contributed by atoms with van der Waals surface area (Å²) in [5, 5.41) is 11.4. The van der Waals surface area contributed by atoms with E-state index in [1.807, 2.05) is 25.1 Å². The minimum atomic E-state index is 0.137. The van der Waals surface area contributed by atoms with Gasteiger partial charge in [-0.15, -0.1) is 0 Å². The van der Waals surface area contributed by atoms with Gasteiger partial charge in [0.2, 0.25) is 0 Å². The Balaban J connectivity index is 2.18. The van der Waals surface area contributed by atoms with Crippen LogP contribution < -0.4 is 5.32 Å². The average molecular weight is 213 g/mol. The summed E-state index contributed by atoms with van der Waals surface area (Å²) in [6.07, 6.45) is 0. The largest absolute Gasteiger partial charge is 0.395 e. The molecule has 0 saturated heterocycles. The second kappa shape index (κ2) is 6.84. The summed E-state index contributed by atoms with van der Waals surface area (Å²) in [6, 6.07) is 8.12. The first kappa shape index (κ1) is 11.5. The van der Waals surface area contributed by atoms with Crippen molar-refractivity contribution in [2.75, 3.05) is 19.9 Å². The quantitative estimate of drug-likeness (QED) is 0.427. The highest BCUT2D eigenvalue weighted by atomic mass is 32.2. The van der Waals surface area contributed by atoms with Gasteiger partial charge in [0.25, 0.3) is 0 Å². The van der Waals surface area contributed by atoms with Crippen LogP contribution in [0.4, 0.5) is 0 Å². The molecule has 0 aliphatic carbocycles. The summed E-state index contributed by atoms with van der Waals surface area (Å²) in [5.74, 6) is 0. The molecular weight excluding hydrogens is 198 g/mol. The molecule has 1 aromatic rings. The van der Waals surface area contributed by atoms with Crippen LogP contribution in [0.1, 0.15) is 5.56 Å². The third-order valence-corrected chi connectivity index (χ3v) is 2.28. The Morgan fingerprint density at radius 3 is 3.07 bits per heavy atom. The lowest BCUT2D eigenvalue weighted by Gasteiger charge is -2.03. The molecule has 0 aliphatic rings. The van der Waals surface area contributed by atoms with Gasteiger partial charge in [-0.1, -0.05) is 12.1 Å². The number of hydrogen-bond acceptors (Lipinski definition) is 4. The number of aryl methyl sites for hydroxylation is 1. The molecule has 0 aromatic heterocycles. The van der Waals surface area contributed by atoms with Crippen molar-refractivity contribution in [3.05, 3.63) is 29.8 Å². The van der Waals surface area contributed by atoms with Gasteiger partial charge in [0.1, 0.15) is 6.73 Å². The number of aliphatic hydroxyl groups is 1. The molecule has 0 atom stereocenters. The summed E-state index contributed by atoms with van der Waals surface area (Å²) in [5.41, 5.74) is 1.22. The first-order chi connectivity index (χ1) is 6.83. The lowest BCUT2D eigenvalue weighted by molar-refractivity contribution is 0.262. The first-order valence-corrected chi connectivity index (χ1v) is 5.25. The third kappa shape index (κ3) is 4.62. The highest BCUT2D eigenvalue weighted by Crippen LogP contribution is 2.18. The second-order valence-corrected chi connectivity index (χ2v) is 3.76. The summed E-state index contributed by atoms with van der Waals surface area (Å²) in [7, 11) is 0. The number of benzene rings is 1. The van der Waals surface area contributed by atoms with E-state index in [1.165, 1.54) is 17.6 Å². The van der Waals surface area contributed by atoms with Gasteiger partial charge >= 0.3 is 0 Å². The summed E-state index contributed by atoms with van der Waals surface area (Å²) < 4.78 is 5.27. The highest BCUT2D eigenvalue weighted by Gasteiger charge is 1.94. The van der Waals surface area contributed by atoms with Gasteiger partial charge in [0, 0.05) is 23.5 Å². The fourth-order valence-corrected chi connectivity index (χ4v) is 1.60. The Labute approximate surface area is 88.7 Å². The minimum Gasteiger partial charge on any atom is -0.395 e. The SMILES string of the molecule is Cc1cccc(SOCNCCO)c1. The van der Waals surface area contributed by atoms with E-state index in [-0.39, 0.29) is 6.61 Å². The first-order valence-electron chi connectivity index (χ1n) is 4.50. The molecule has 14 heavy (non-hydrogen) atoms. The van der Waals surface area contributed by atoms with E-state index >= 15 is 0 Å². The Bertz CT molecular complexity index is 268. The molecular formula is C10H15NO2S. The zero-order valence-electron chi connectivity index (χ0n) is 8.19. The average Bonchev–Trinajstić information content (AvgIpc) is 2.18.